The summed E-state index contributed by atoms with van der Waals surface area (Å²) in [5.41, 5.74) is 3.16. The van der Waals surface area contributed by atoms with Gasteiger partial charge >= 0.3 is 0 Å². The fourth-order valence-electron chi connectivity index (χ4n) is 2.63. The lowest BCUT2D eigenvalue weighted by atomic mass is 9.97. The van der Waals surface area contributed by atoms with Gasteiger partial charge in [-0.2, -0.15) is 0 Å². The number of para-hydroxylation sites is 1. The summed E-state index contributed by atoms with van der Waals surface area (Å²) < 4.78 is 0. The second kappa shape index (κ2) is 6.24. The average molecular weight is 336 g/mol. The molecule has 0 unspecified atom stereocenters. The van der Waals surface area contributed by atoms with Crippen molar-refractivity contribution in [2.45, 2.75) is 13.0 Å². The second-order valence-electron chi connectivity index (χ2n) is 5.36. The van der Waals surface area contributed by atoms with Crippen LogP contribution in [0.25, 0.3) is 0 Å². The summed E-state index contributed by atoms with van der Waals surface area (Å²) in [6.07, 6.45) is 4.25. The van der Waals surface area contributed by atoms with Gasteiger partial charge in [0.1, 0.15) is 0 Å². The maximum atomic E-state index is 12.6. The summed E-state index contributed by atoms with van der Waals surface area (Å²) in [7, 11) is 2.05. The van der Waals surface area contributed by atoms with Crippen LogP contribution in [0.2, 0.25) is 10.0 Å². The highest BCUT2D eigenvalue weighted by Crippen LogP contribution is 2.31. The zero-order valence-corrected chi connectivity index (χ0v) is 13.6. The molecular formula is C16H15Cl2N3O. The molecule has 1 amide bonds. The van der Waals surface area contributed by atoms with Gasteiger partial charge in [0.15, 0.2) is 0 Å². The van der Waals surface area contributed by atoms with Gasteiger partial charge in [0.2, 0.25) is 0 Å². The lowest BCUT2D eigenvalue weighted by Gasteiger charge is -2.26. The van der Waals surface area contributed by atoms with E-state index < -0.39 is 0 Å². The third-order valence-corrected chi connectivity index (χ3v) is 4.41. The molecule has 0 saturated heterocycles. The van der Waals surface area contributed by atoms with E-state index in [1.807, 2.05) is 6.20 Å². The van der Waals surface area contributed by atoms with E-state index >= 15 is 0 Å². The fourth-order valence-corrected chi connectivity index (χ4v) is 3.12. The molecular weight excluding hydrogens is 321 g/mol. The number of anilines is 1. The van der Waals surface area contributed by atoms with Crippen molar-refractivity contribution in [2.75, 3.05) is 18.9 Å². The van der Waals surface area contributed by atoms with Crippen LogP contribution in [0.4, 0.5) is 5.69 Å². The van der Waals surface area contributed by atoms with Gasteiger partial charge in [0.05, 0.1) is 21.3 Å². The van der Waals surface area contributed by atoms with E-state index in [9.17, 15) is 4.79 Å². The Morgan fingerprint density at radius 1 is 1.27 bits per heavy atom. The van der Waals surface area contributed by atoms with Crippen LogP contribution in [0.3, 0.4) is 0 Å². The Morgan fingerprint density at radius 3 is 2.73 bits per heavy atom. The van der Waals surface area contributed by atoms with Crippen LogP contribution in [-0.4, -0.2) is 29.4 Å². The van der Waals surface area contributed by atoms with E-state index in [1.54, 1.807) is 24.4 Å². The molecule has 0 bridgehead atoms. The number of nitrogens with one attached hydrogen (secondary N) is 1. The molecule has 0 fully saturated rings. The van der Waals surface area contributed by atoms with Crippen LogP contribution in [0, 0.1) is 0 Å². The number of likely N-dealkylation sites (N-methyl/N-ethyl adjacent to an activating group) is 1. The SMILES string of the molecule is CN1CCc2c(cncc2C(=O)Nc2c(Cl)cccc2Cl)C1. The summed E-state index contributed by atoms with van der Waals surface area (Å²) in [5, 5.41) is 3.63. The van der Waals surface area contributed by atoms with Gasteiger partial charge in [-0.05, 0) is 36.7 Å². The maximum absolute atomic E-state index is 12.6. The van der Waals surface area contributed by atoms with E-state index in [1.165, 1.54) is 0 Å². The smallest absolute Gasteiger partial charge is 0.257 e. The van der Waals surface area contributed by atoms with Gasteiger partial charge < -0.3 is 10.2 Å². The molecule has 1 aliphatic rings. The zero-order valence-electron chi connectivity index (χ0n) is 12.1. The number of fused-ring (bicyclic) bond motifs is 1. The number of halogens is 2. The van der Waals surface area contributed by atoms with Crippen molar-refractivity contribution >= 4 is 34.8 Å². The molecule has 0 saturated carbocycles. The first kappa shape index (κ1) is 15.3. The van der Waals surface area contributed by atoms with Gasteiger partial charge in [-0.25, -0.2) is 0 Å². The predicted molar refractivity (Wildman–Crippen MR) is 88.7 cm³/mol. The third-order valence-electron chi connectivity index (χ3n) is 3.78. The number of hydrogen-bond acceptors (Lipinski definition) is 3. The zero-order chi connectivity index (χ0) is 15.7. The van der Waals surface area contributed by atoms with Crippen LogP contribution < -0.4 is 5.32 Å². The monoisotopic (exact) mass is 335 g/mol. The lowest BCUT2D eigenvalue weighted by molar-refractivity contribution is 0.102. The maximum Gasteiger partial charge on any atom is 0.257 e. The minimum Gasteiger partial charge on any atom is -0.319 e. The first-order valence-corrected chi connectivity index (χ1v) is 7.71. The first-order valence-electron chi connectivity index (χ1n) is 6.96. The van der Waals surface area contributed by atoms with Gasteiger partial charge in [0, 0.05) is 25.5 Å². The van der Waals surface area contributed by atoms with Crippen molar-refractivity contribution in [1.29, 1.82) is 0 Å². The molecule has 22 heavy (non-hydrogen) atoms. The number of hydrogen-bond donors (Lipinski definition) is 1. The highest BCUT2D eigenvalue weighted by molar-refractivity contribution is 6.40. The first-order chi connectivity index (χ1) is 10.6. The number of carbonyl (C=O) groups is 1. The Bertz CT molecular complexity index is 713. The van der Waals surface area contributed by atoms with Gasteiger partial charge in [0.25, 0.3) is 5.91 Å². The number of nitrogens with zero attached hydrogens (tertiary/aromatic N) is 2. The molecule has 1 N–H and O–H groups in total. The van der Waals surface area contributed by atoms with E-state index in [-0.39, 0.29) is 5.91 Å². The molecule has 1 aromatic carbocycles. The minimum absolute atomic E-state index is 0.232. The molecule has 1 aromatic heterocycles. The molecule has 6 heteroatoms. The molecule has 114 valence electrons. The number of carbonyl (C=O) groups excluding carboxylic acids is 1. The number of aromatic nitrogens is 1. The summed E-state index contributed by atoms with van der Waals surface area (Å²) in [6, 6.07) is 5.12. The molecule has 1 aliphatic heterocycles. The largest absolute Gasteiger partial charge is 0.319 e. The topological polar surface area (TPSA) is 45.2 Å². The Hall–Kier alpha value is -1.62. The number of benzene rings is 1. The van der Waals surface area contributed by atoms with Crippen LogP contribution in [0.1, 0.15) is 21.5 Å². The van der Waals surface area contributed by atoms with Crippen LogP contribution >= 0.6 is 23.2 Å². The van der Waals surface area contributed by atoms with Crippen molar-refractivity contribution in [3.63, 3.8) is 0 Å². The van der Waals surface area contributed by atoms with Gasteiger partial charge in [-0.3, -0.25) is 9.78 Å². The Balaban J connectivity index is 1.92. The molecule has 4 nitrogen and oxygen atoms in total. The van der Waals surface area contributed by atoms with E-state index in [4.69, 9.17) is 23.2 Å². The molecule has 0 atom stereocenters. The molecule has 3 rings (SSSR count). The summed E-state index contributed by atoms with van der Waals surface area (Å²) in [5.74, 6) is -0.232. The quantitative estimate of drug-likeness (QED) is 0.911. The summed E-state index contributed by atoms with van der Waals surface area (Å²) in [4.78, 5) is 19.0. The Labute approximate surface area is 139 Å². The van der Waals surface area contributed by atoms with Crippen LogP contribution in [0.5, 0.6) is 0 Å². The van der Waals surface area contributed by atoms with Gasteiger partial charge in [-0.15, -0.1) is 0 Å². The average Bonchev–Trinajstić information content (AvgIpc) is 2.50. The predicted octanol–water partition coefficient (Wildman–Crippen LogP) is 3.63. The van der Waals surface area contributed by atoms with Crippen molar-refractivity contribution < 1.29 is 4.79 Å². The van der Waals surface area contributed by atoms with Crippen LogP contribution in [0.15, 0.2) is 30.6 Å². The van der Waals surface area contributed by atoms with Crippen LogP contribution in [-0.2, 0) is 13.0 Å². The van der Waals surface area contributed by atoms with E-state index in [0.29, 0.717) is 21.3 Å². The fraction of sp³-hybridized carbons (Fsp3) is 0.250. The van der Waals surface area contributed by atoms with E-state index in [2.05, 4.69) is 22.2 Å². The summed E-state index contributed by atoms with van der Waals surface area (Å²) in [6.45, 7) is 1.72. The van der Waals surface area contributed by atoms with Crippen molar-refractivity contribution in [1.82, 2.24) is 9.88 Å². The Morgan fingerprint density at radius 2 is 2.00 bits per heavy atom. The normalized spacial score (nSPS) is 14.5. The molecule has 0 aliphatic carbocycles. The number of amides is 1. The summed E-state index contributed by atoms with van der Waals surface area (Å²) >= 11 is 12.2. The van der Waals surface area contributed by atoms with Crippen molar-refractivity contribution in [2.24, 2.45) is 0 Å². The van der Waals surface area contributed by atoms with E-state index in [0.717, 1.165) is 30.6 Å². The van der Waals surface area contributed by atoms with Crippen molar-refractivity contribution in [3.8, 4) is 0 Å². The van der Waals surface area contributed by atoms with Crippen molar-refractivity contribution in [3.05, 3.63) is 57.3 Å². The molecule has 0 radical (unpaired) electrons. The highest BCUT2D eigenvalue weighted by Gasteiger charge is 2.21. The third kappa shape index (κ3) is 2.95. The highest BCUT2D eigenvalue weighted by atomic mass is 35.5. The molecule has 2 heterocycles. The van der Waals surface area contributed by atoms with Gasteiger partial charge in [-0.1, -0.05) is 29.3 Å². The minimum atomic E-state index is -0.232. The molecule has 2 aromatic rings. The standard InChI is InChI=1S/C16H15Cl2N3O/c1-21-6-5-11-10(9-21)7-19-8-12(11)16(22)20-15-13(17)3-2-4-14(15)18/h2-4,7-8H,5-6,9H2,1H3,(H,20,22). The molecule has 0 spiro atoms. The second-order valence-corrected chi connectivity index (χ2v) is 6.18. The number of pyridine rings is 1. The number of rotatable bonds is 2. The lowest BCUT2D eigenvalue weighted by Crippen LogP contribution is -2.29. The Kier molecular flexibility index (Phi) is 4.34.